The van der Waals surface area contributed by atoms with E-state index in [-0.39, 0.29) is 13.6 Å². The molecule has 0 spiro atoms. The van der Waals surface area contributed by atoms with Gasteiger partial charge in [0.25, 0.3) is 20.0 Å². The maximum Gasteiger partial charge on any atom is 0.345 e. The molecule has 9 nitrogen and oxygen atoms in total. The SMILES string of the molecule is Cc1ccc(S(=O)(=O)N(NC(=O)NN)S(=O)(=O)c2ccc(C)cc2)cc1. The first-order valence-electron chi connectivity index (χ1n) is 7.30. The molecule has 2 aromatic carbocycles. The van der Waals surface area contributed by atoms with Gasteiger partial charge in [-0.15, -0.1) is 0 Å². The molecule has 2 aromatic rings. The summed E-state index contributed by atoms with van der Waals surface area (Å²) < 4.78 is 51.3. The Labute approximate surface area is 151 Å². The first kappa shape index (κ1) is 19.8. The molecule has 4 N–H and O–H groups in total. The van der Waals surface area contributed by atoms with E-state index in [2.05, 4.69) is 0 Å². The predicted molar refractivity (Wildman–Crippen MR) is 94.4 cm³/mol. The van der Waals surface area contributed by atoms with Crippen LogP contribution in [0.1, 0.15) is 11.1 Å². The van der Waals surface area contributed by atoms with E-state index in [4.69, 9.17) is 5.84 Å². The average Bonchev–Trinajstić information content (AvgIpc) is 2.59. The summed E-state index contributed by atoms with van der Waals surface area (Å²) in [6.07, 6.45) is 0. The molecule has 0 aliphatic heterocycles. The molecule has 26 heavy (non-hydrogen) atoms. The maximum absolute atomic E-state index is 12.8. The predicted octanol–water partition coefficient (Wildman–Crippen LogP) is 0.771. The largest absolute Gasteiger partial charge is 0.345 e. The Morgan fingerprint density at radius 2 is 1.15 bits per heavy atom. The van der Waals surface area contributed by atoms with E-state index in [0.29, 0.717) is 0 Å². The monoisotopic (exact) mass is 398 g/mol. The van der Waals surface area contributed by atoms with Gasteiger partial charge in [-0.25, -0.2) is 32.9 Å². The highest BCUT2D eigenvalue weighted by molar-refractivity contribution is 8.04. The highest BCUT2D eigenvalue weighted by Gasteiger charge is 2.38. The molecule has 0 bridgehead atoms. The maximum atomic E-state index is 12.8. The minimum atomic E-state index is -4.62. The molecular weight excluding hydrogens is 380 g/mol. The summed E-state index contributed by atoms with van der Waals surface area (Å²) in [6, 6.07) is 9.78. The molecule has 0 fully saturated rings. The van der Waals surface area contributed by atoms with Gasteiger partial charge < -0.3 is 0 Å². The Morgan fingerprint density at radius 3 is 1.46 bits per heavy atom. The average molecular weight is 398 g/mol. The molecule has 0 aliphatic rings. The first-order valence-corrected chi connectivity index (χ1v) is 10.2. The van der Waals surface area contributed by atoms with Gasteiger partial charge in [0, 0.05) is 3.82 Å². The van der Waals surface area contributed by atoms with Crippen LogP contribution < -0.4 is 16.7 Å². The lowest BCUT2D eigenvalue weighted by Gasteiger charge is -2.22. The van der Waals surface area contributed by atoms with E-state index in [1.165, 1.54) is 48.5 Å². The standard InChI is InChI=1S/C15H18N4O5S2/c1-11-3-7-13(8-4-11)25(21,22)19(18-15(20)17-16)26(23,24)14-9-5-12(2)6-10-14/h3-10H,16H2,1-2H3,(H2,17,18,20). The second kappa shape index (κ2) is 7.41. The zero-order chi connectivity index (χ0) is 19.5. The smallest absolute Gasteiger partial charge is 0.275 e. The van der Waals surface area contributed by atoms with Crippen LogP contribution in [0.15, 0.2) is 58.3 Å². The van der Waals surface area contributed by atoms with Crippen molar-refractivity contribution in [1.82, 2.24) is 14.7 Å². The van der Waals surface area contributed by atoms with E-state index < -0.39 is 26.1 Å². The van der Waals surface area contributed by atoms with E-state index >= 15 is 0 Å². The molecule has 0 aromatic heterocycles. The van der Waals surface area contributed by atoms with Gasteiger partial charge in [0.05, 0.1) is 9.79 Å². The second-order valence-corrected chi connectivity index (χ2v) is 9.22. The van der Waals surface area contributed by atoms with Crippen LogP contribution in [0.3, 0.4) is 0 Å². The summed E-state index contributed by atoms with van der Waals surface area (Å²) in [4.78, 5) is 11.0. The Morgan fingerprint density at radius 1 is 0.808 bits per heavy atom. The van der Waals surface area contributed by atoms with Crippen molar-refractivity contribution in [3.05, 3.63) is 59.7 Å². The van der Waals surface area contributed by atoms with Gasteiger partial charge in [0.2, 0.25) is 0 Å². The Balaban J connectivity index is 2.60. The lowest BCUT2D eigenvalue weighted by Crippen LogP contribution is -2.54. The van der Waals surface area contributed by atoms with Crippen LogP contribution in [0.5, 0.6) is 0 Å². The number of aryl methyl sites for hydroxylation is 2. The third-order valence-electron chi connectivity index (χ3n) is 3.40. The van der Waals surface area contributed by atoms with Gasteiger partial charge in [0.1, 0.15) is 0 Å². The zero-order valence-corrected chi connectivity index (χ0v) is 15.6. The molecule has 11 heteroatoms. The topological polar surface area (TPSA) is 139 Å². The number of carbonyl (C=O) groups excluding carboxylic acids is 1. The van der Waals surface area contributed by atoms with E-state index in [9.17, 15) is 21.6 Å². The molecule has 0 unspecified atom stereocenters. The molecule has 0 saturated heterocycles. The number of sulfonamides is 2. The number of nitrogens with two attached hydrogens (primary N) is 1. The fourth-order valence-electron chi connectivity index (χ4n) is 1.98. The van der Waals surface area contributed by atoms with Crippen LogP contribution in [0.2, 0.25) is 0 Å². The normalized spacial score (nSPS) is 12.0. The molecule has 0 aliphatic carbocycles. The number of carbonyl (C=O) groups is 1. The van der Waals surface area contributed by atoms with Gasteiger partial charge in [-0.1, -0.05) is 35.4 Å². The molecule has 0 atom stereocenters. The van der Waals surface area contributed by atoms with Gasteiger partial charge in [0.15, 0.2) is 0 Å². The summed E-state index contributed by atoms with van der Waals surface area (Å²) in [5.41, 5.74) is 4.96. The number of nitrogens with zero attached hydrogens (tertiary/aromatic N) is 1. The molecular formula is C15H18N4O5S2. The molecule has 2 amide bonds. The highest BCUT2D eigenvalue weighted by Crippen LogP contribution is 2.23. The van der Waals surface area contributed by atoms with Crippen LogP contribution in [0, 0.1) is 13.8 Å². The molecule has 0 radical (unpaired) electrons. The minimum Gasteiger partial charge on any atom is -0.275 e. The van der Waals surface area contributed by atoms with Crippen LogP contribution in [0.25, 0.3) is 0 Å². The van der Waals surface area contributed by atoms with E-state index in [1.807, 2.05) is 0 Å². The minimum absolute atomic E-state index is 0.0997. The summed E-state index contributed by atoms with van der Waals surface area (Å²) >= 11 is 0. The lowest BCUT2D eigenvalue weighted by molar-refractivity contribution is 0.232. The molecule has 140 valence electrons. The lowest BCUT2D eigenvalue weighted by atomic mass is 10.2. The fourth-order valence-corrected chi connectivity index (χ4v) is 5.28. The number of hydrogen-bond acceptors (Lipinski definition) is 6. The highest BCUT2D eigenvalue weighted by atomic mass is 32.3. The summed E-state index contributed by atoms with van der Waals surface area (Å²) in [7, 11) is -9.24. The third-order valence-corrected chi connectivity index (χ3v) is 7.37. The van der Waals surface area contributed by atoms with Gasteiger partial charge in [-0.2, -0.15) is 0 Å². The van der Waals surface area contributed by atoms with Gasteiger partial charge >= 0.3 is 6.03 Å². The van der Waals surface area contributed by atoms with Crippen molar-refractivity contribution in [3.8, 4) is 0 Å². The quantitative estimate of drug-likeness (QED) is 0.386. The van der Waals surface area contributed by atoms with Crippen molar-refractivity contribution in [1.29, 1.82) is 0 Å². The number of amides is 2. The molecule has 0 heterocycles. The Bertz CT molecular complexity index is 926. The number of rotatable bonds is 5. The van der Waals surface area contributed by atoms with Crippen molar-refractivity contribution in [2.75, 3.05) is 0 Å². The summed E-state index contributed by atoms with van der Waals surface area (Å²) in [5, 5.41) is 0. The van der Waals surface area contributed by atoms with Crippen LogP contribution in [-0.2, 0) is 20.0 Å². The summed E-state index contributed by atoms with van der Waals surface area (Å²) in [6.45, 7) is 3.49. The summed E-state index contributed by atoms with van der Waals surface area (Å²) in [5.74, 6) is 4.95. The second-order valence-electron chi connectivity index (χ2n) is 5.42. The number of benzene rings is 2. The molecule has 0 saturated carbocycles. The number of hydrogen-bond donors (Lipinski definition) is 3. The van der Waals surface area contributed by atoms with E-state index in [0.717, 1.165) is 11.1 Å². The van der Waals surface area contributed by atoms with Crippen LogP contribution in [-0.4, -0.2) is 26.7 Å². The van der Waals surface area contributed by atoms with Gasteiger partial charge in [-0.05, 0) is 38.1 Å². The fraction of sp³-hybridized carbons (Fsp3) is 0.133. The number of nitrogens with one attached hydrogen (secondary N) is 2. The van der Waals surface area contributed by atoms with Crippen LogP contribution in [0.4, 0.5) is 4.79 Å². The van der Waals surface area contributed by atoms with Crippen LogP contribution >= 0.6 is 0 Å². The number of urea groups is 1. The third kappa shape index (κ3) is 4.02. The van der Waals surface area contributed by atoms with Crippen molar-refractivity contribution in [2.24, 2.45) is 5.84 Å². The first-order chi connectivity index (χ1) is 12.1. The molecule has 2 rings (SSSR count). The Hall–Kier alpha value is -2.47. The Kier molecular flexibility index (Phi) is 5.66. The van der Waals surface area contributed by atoms with Crippen molar-refractivity contribution >= 4 is 26.1 Å². The van der Waals surface area contributed by atoms with Crippen molar-refractivity contribution in [2.45, 2.75) is 23.6 Å². The van der Waals surface area contributed by atoms with E-state index in [1.54, 1.807) is 24.7 Å². The zero-order valence-electron chi connectivity index (χ0n) is 14.0. The van der Waals surface area contributed by atoms with Gasteiger partial charge in [-0.3, -0.25) is 5.43 Å². The van der Waals surface area contributed by atoms with Crippen molar-refractivity contribution < 1.29 is 21.6 Å². The number of hydrazine groups is 2. The van der Waals surface area contributed by atoms with Crippen molar-refractivity contribution in [3.63, 3.8) is 0 Å².